The molecular weight excluding hydrogens is 382 g/mol. The number of carbonyl (C=O) groups excluding carboxylic acids is 1. The predicted molar refractivity (Wildman–Crippen MR) is 84.1 cm³/mol. The molecule has 1 aromatic carbocycles. The molecule has 3 nitrogen and oxygen atoms in total. The molecule has 2 rings (SSSR count). The number of halogens is 3. The molecule has 106 valence electrons. The smallest absolute Gasteiger partial charge is 0.255 e. The van der Waals surface area contributed by atoms with Crippen molar-refractivity contribution in [3.8, 4) is 0 Å². The van der Waals surface area contributed by atoms with Crippen molar-refractivity contribution in [1.82, 2.24) is 5.32 Å². The lowest BCUT2D eigenvalue weighted by Gasteiger charge is -2.27. The summed E-state index contributed by atoms with van der Waals surface area (Å²) in [5, 5.41) is 2.90. The number of amides is 1. The Morgan fingerprint density at radius 2 is 1.95 bits per heavy atom. The first-order valence-electron chi connectivity index (χ1n) is 6.08. The van der Waals surface area contributed by atoms with Gasteiger partial charge >= 0.3 is 0 Å². The van der Waals surface area contributed by atoms with Gasteiger partial charge in [-0.15, -0.1) is 12.4 Å². The third-order valence-electron chi connectivity index (χ3n) is 3.30. The summed E-state index contributed by atoms with van der Waals surface area (Å²) < 4.78 is 14.3. The van der Waals surface area contributed by atoms with Crippen molar-refractivity contribution >= 4 is 40.9 Å². The van der Waals surface area contributed by atoms with Crippen LogP contribution in [0.4, 0.5) is 4.39 Å². The average Bonchev–Trinajstić information content (AvgIpc) is 2.32. The Balaban J connectivity index is 0.00000180. The fourth-order valence-electron chi connectivity index (χ4n) is 2.24. The second-order valence-electron chi connectivity index (χ2n) is 4.68. The van der Waals surface area contributed by atoms with E-state index in [1.54, 1.807) is 12.1 Å². The zero-order valence-corrected chi connectivity index (χ0v) is 13.3. The van der Waals surface area contributed by atoms with Crippen molar-refractivity contribution in [2.24, 2.45) is 5.73 Å². The maximum absolute atomic E-state index is 13.6. The van der Waals surface area contributed by atoms with Gasteiger partial charge < -0.3 is 11.1 Å². The number of carbonyl (C=O) groups is 1. The molecule has 1 saturated carbocycles. The van der Waals surface area contributed by atoms with Crippen LogP contribution in [-0.4, -0.2) is 18.0 Å². The number of nitrogens with one attached hydrogen (secondary N) is 1. The second kappa shape index (κ2) is 7.40. The van der Waals surface area contributed by atoms with Crippen LogP contribution in [-0.2, 0) is 0 Å². The summed E-state index contributed by atoms with van der Waals surface area (Å²) in [6.07, 6.45) is 3.58. The molecule has 0 saturated heterocycles. The van der Waals surface area contributed by atoms with Crippen LogP contribution in [0.3, 0.4) is 0 Å². The lowest BCUT2D eigenvalue weighted by atomic mass is 9.91. The van der Waals surface area contributed by atoms with E-state index in [-0.39, 0.29) is 36.0 Å². The molecule has 3 N–H and O–H groups in total. The van der Waals surface area contributed by atoms with Crippen molar-refractivity contribution < 1.29 is 9.18 Å². The van der Waals surface area contributed by atoms with Gasteiger partial charge in [-0.25, -0.2) is 4.39 Å². The van der Waals surface area contributed by atoms with Gasteiger partial charge in [-0.2, -0.15) is 0 Å². The maximum Gasteiger partial charge on any atom is 0.255 e. The van der Waals surface area contributed by atoms with Crippen molar-refractivity contribution in [2.75, 3.05) is 0 Å². The zero-order valence-electron chi connectivity index (χ0n) is 10.4. The summed E-state index contributed by atoms with van der Waals surface area (Å²) in [5.74, 6) is -0.787. The topological polar surface area (TPSA) is 55.1 Å². The first-order chi connectivity index (χ1) is 8.58. The van der Waals surface area contributed by atoms with Gasteiger partial charge in [0.2, 0.25) is 0 Å². The van der Waals surface area contributed by atoms with Crippen LogP contribution in [0.2, 0.25) is 0 Å². The number of nitrogens with two attached hydrogens (primary N) is 1. The predicted octanol–water partition coefficient (Wildman–Crippen LogP) is 2.85. The Hall–Kier alpha value is -0.400. The van der Waals surface area contributed by atoms with E-state index in [9.17, 15) is 9.18 Å². The molecule has 0 atom stereocenters. The van der Waals surface area contributed by atoms with Gasteiger partial charge in [0, 0.05) is 15.7 Å². The minimum atomic E-state index is -0.466. The van der Waals surface area contributed by atoms with Gasteiger partial charge in [0.05, 0.1) is 5.56 Å². The molecule has 19 heavy (non-hydrogen) atoms. The molecule has 0 radical (unpaired) electrons. The van der Waals surface area contributed by atoms with E-state index in [4.69, 9.17) is 5.73 Å². The lowest BCUT2D eigenvalue weighted by Crippen LogP contribution is -2.40. The van der Waals surface area contributed by atoms with Gasteiger partial charge in [0.15, 0.2) is 0 Å². The average molecular weight is 399 g/mol. The summed E-state index contributed by atoms with van der Waals surface area (Å²) in [6, 6.07) is 5.01. The summed E-state index contributed by atoms with van der Waals surface area (Å²) in [4.78, 5) is 12.0. The summed E-state index contributed by atoms with van der Waals surface area (Å²) in [5.41, 5.74) is 5.96. The van der Waals surface area contributed by atoms with E-state index >= 15 is 0 Å². The van der Waals surface area contributed by atoms with Crippen molar-refractivity contribution in [2.45, 2.75) is 37.8 Å². The molecule has 0 bridgehead atoms. The normalized spacial score (nSPS) is 22.5. The van der Waals surface area contributed by atoms with Crippen LogP contribution in [0.1, 0.15) is 36.0 Å². The van der Waals surface area contributed by atoms with Crippen LogP contribution < -0.4 is 11.1 Å². The molecule has 6 heteroatoms. The summed E-state index contributed by atoms with van der Waals surface area (Å²) >= 11 is 1.98. The monoisotopic (exact) mass is 398 g/mol. The highest BCUT2D eigenvalue weighted by molar-refractivity contribution is 14.1. The quantitative estimate of drug-likeness (QED) is 0.753. The summed E-state index contributed by atoms with van der Waals surface area (Å²) in [6.45, 7) is 0. The Labute approximate surface area is 132 Å². The van der Waals surface area contributed by atoms with Gasteiger partial charge in [-0.3, -0.25) is 4.79 Å². The number of rotatable bonds is 2. The maximum atomic E-state index is 13.6. The SMILES string of the molecule is Cl.NC1CCC(NC(=O)c2c(F)cccc2I)CC1. The van der Waals surface area contributed by atoms with E-state index in [1.807, 2.05) is 22.6 Å². The Bertz CT molecular complexity index is 430. The third-order valence-corrected chi connectivity index (χ3v) is 4.20. The van der Waals surface area contributed by atoms with Gasteiger partial charge in [0.1, 0.15) is 5.82 Å². The van der Waals surface area contributed by atoms with Crippen LogP contribution >= 0.6 is 35.0 Å². The van der Waals surface area contributed by atoms with Crippen molar-refractivity contribution in [3.63, 3.8) is 0 Å². The van der Waals surface area contributed by atoms with Crippen molar-refractivity contribution in [1.29, 1.82) is 0 Å². The molecule has 0 aliphatic heterocycles. The Morgan fingerprint density at radius 3 is 2.53 bits per heavy atom. The fraction of sp³-hybridized carbons (Fsp3) is 0.462. The summed E-state index contributed by atoms with van der Waals surface area (Å²) in [7, 11) is 0. The van der Waals surface area contributed by atoms with Crippen LogP contribution in [0.15, 0.2) is 18.2 Å². The lowest BCUT2D eigenvalue weighted by molar-refractivity contribution is 0.0921. The molecule has 0 heterocycles. The molecule has 0 aromatic heterocycles. The molecule has 0 unspecified atom stereocenters. The fourth-order valence-corrected chi connectivity index (χ4v) is 2.95. The molecule has 1 amide bonds. The number of hydrogen-bond donors (Lipinski definition) is 2. The molecular formula is C13H17ClFIN2O. The first kappa shape index (κ1) is 16.7. The van der Waals surface area contributed by atoms with Gasteiger partial charge in [-0.05, 0) is 60.4 Å². The van der Waals surface area contributed by atoms with E-state index in [1.165, 1.54) is 6.07 Å². The Morgan fingerprint density at radius 1 is 1.32 bits per heavy atom. The minimum Gasteiger partial charge on any atom is -0.349 e. The van der Waals surface area contributed by atoms with Crippen LogP contribution in [0, 0.1) is 9.39 Å². The van der Waals surface area contributed by atoms with E-state index in [0.717, 1.165) is 25.7 Å². The first-order valence-corrected chi connectivity index (χ1v) is 7.16. The van der Waals surface area contributed by atoms with Crippen molar-refractivity contribution in [3.05, 3.63) is 33.1 Å². The minimum absolute atomic E-state index is 0. The third kappa shape index (κ3) is 4.29. The van der Waals surface area contributed by atoms with E-state index < -0.39 is 5.82 Å². The van der Waals surface area contributed by atoms with E-state index in [2.05, 4.69) is 5.32 Å². The van der Waals surface area contributed by atoms with E-state index in [0.29, 0.717) is 3.57 Å². The zero-order chi connectivity index (χ0) is 13.1. The Kier molecular flexibility index (Phi) is 6.49. The molecule has 1 aliphatic carbocycles. The molecule has 0 spiro atoms. The highest BCUT2D eigenvalue weighted by Crippen LogP contribution is 2.19. The second-order valence-corrected chi connectivity index (χ2v) is 5.84. The standard InChI is InChI=1S/C13H16FIN2O.ClH/c14-10-2-1-3-11(15)12(10)13(18)17-9-6-4-8(16)5-7-9;/h1-3,8-9H,4-7,16H2,(H,17,18);1H. The largest absolute Gasteiger partial charge is 0.349 e. The van der Waals surface area contributed by atoms with Crippen LogP contribution in [0.25, 0.3) is 0 Å². The van der Waals surface area contributed by atoms with Gasteiger partial charge in [0.25, 0.3) is 5.91 Å². The number of hydrogen-bond acceptors (Lipinski definition) is 2. The molecule has 1 aromatic rings. The highest BCUT2D eigenvalue weighted by atomic mass is 127. The molecule has 1 fully saturated rings. The van der Waals surface area contributed by atoms with Crippen LogP contribution in [0.5, 0.6) is 0 Å². The molecule has 1 aliphatic rings. The van der Waals surface area contributed by atoms with Gasteiger partial charge in [-0.1, -0.05) is 6.07 Å². The number of benzene rings is 1. The highest BCUT2D eigenvalue weighted by Gasteiger charge is 2.22.